The molecule has 0 aliphatic rings. The summed E-state index contributed by atoms with van der Waals surface area (Å²) < 4.78 is 0. The van der Waals surface area contributed by atoms with E-state index >= 15 is 0 Å². The first-order chi connectivity index (χ1) is 13.4. The van der Waals surface area contributed by atoms with E-state index in [9.17, 15) is 4.79 Å². The van der Waals surface area contributed by atoms with Crippen molar-refractivity contribution in [1.29, 1.82) is 0 Å². The Hall–Kier alpha value is -2.39. The molecule has 0 spiro atoms. The number of benzene rings is 3. The lowest BCUT2D eigenvalue weighted by atomic mass is 9.76. The Morgan fingerprint density at radius 1 is 0.714 bits per heavy atom. The summed E-state index contributed by atoms with van der Waals surface area (Å²) in [5, 5.41) is 3.40. The first-order valence-corrected chi connectivity index (χ1v) is 10.4. The largest absolute Gasteiger partial charge is 0.337 e. The number of carbonyl (C=O) groups excluding carboxylic acids is 1. The molecule has 144 valence electrons. The first-order valence-electron chi connectivity index (χ1n) is 9.48. The smallest absolute Gasteiger partial charge is 0.235 e. The van der Waals surface area contributed by atoms with Gasteiger partial charge in [-0.15, -0.1) is 0 Å². The van der Waals surface area contributed by atoms with Gasteiger partial charge < -0.3 is 5.32 Å². The summed E-state index contributed by atoms with van der Waals surface area (Å²) in [5.41, 5.74) is 2.08. The molecule has 1 atom stereocenters. The van der Waals surface area contributed by atoms with E-state index in [0.29, 0.717) is 0 Å². The summed E-state index contributed by atoms with van der Waals surface area (Å²) in [7, 11) is 0. The van der Waals surface area contributed by atoms with Crippen LogP contribution in [0.5, 0.6) is 0 Å². The zero-order chi connectivity index (χ0) is 20.2. The fraction of sp³-hybridized carbons (Fsp3) is 0.240. The Kier molecular flexibility index (Phi) is 6.04. The molecule has 3 aromatic rings. The fourth-order valence-corrected chi connectivity index (χ4v) is 3.54. The Labute approximate surface area is 176 Å². The van der Waals surface area contributed by atoms with Crippen molar-refractivity contribution < 1.29 is 4.79 Å². The molecule has 0 bridgehead atoms. The lowest BCUT2D eigenvalue weighted by molar-refractivity contribution is -0.123. The SMILES string of the molecule is CC(C)(C)C(Br)C(=O)NC(c1ccccc1)(c1ccccc1)c1ccccc1. The molecule has 0 aliphatic heterocycles. The van der Waals surface area contributed by atoms with Crippen molar-refractivity contribution in [3.05, 3.63) is 108 Å². The van der Waals surface area contributed by atoms with Crippen LogP contribution in [-0.2, 0) is 10.3 Å². The Bertz CT molecular complexity index is 805. The van der Waals surface area contributed by atoms with Gasteiger partial charge in [-0.05, 0) is 22.1 Å². The number of amides is 1. The van der Waals surface area contributed by atoms with Gasteiger partial charge in [-0.3, -0.25) is 4.79 Å². The maximum absolute atomic E-state index is 13.4. The molecule has 1 unspecified atom stereocenters. The van der Waals surface area contributed by atoms with Crippen molar-refractivity contribution in [2.75, 3.05) is 0 Å². The normalized spacial score (nSPS) is 13.0. The number of carbonyl (C=O) groups is 1. The quantitative estimate of drug-likeness (QED) is 0.391. The molecule has 1 amide bonds. The minimum Gasteiger partial charge on any atom is -0.337 e. The first kappa shape index (κ1) is 20.3. The molecule has 1 N–H and O–H groups in total. The number of alkyl halides is 1. The minimum atomic E-state index is -0.780. The zero-order valence-electron chi connectivity index (χ0n) is 16.5. The third kappa shape index (κ3) is 4.05. The van der Waals surface area contributed by atoms with Gasteiger partial charge in [0.15, 0.2) is 0 Å². The van der Waals surface area contributed by atoms with Crippen molar-refractivity contribution in [2.45, 2.75) is 31.1 Å². The van der Waals surface area contributed by atoms with Gasteiger partial charge in [0.1, 0.15) is 5.54 Å². The van der Waals surface area contributed by atoms with Gasteiger partial charge in [0.2, 0.25) is 5.91 Å². The van der Waals surface area contributed by atoms with Crippen LogP contribution in [0, 0.1) is 5.41 Å². The maximum atomic E-state index is 13.4. The molecule has 0 saturated heterocycles. The van der Waals surface area contributed by atoms with Crippen LogP contribution >= 0.6 is 15.9 Å². The lowest BCUT2D eigenvalue weighted by Gasteiger charge is -2.38. The van der Waals surface area contributed by atoms with Crippen LogP contribution in [0.4, 0.5) is 0 Å². The van der Waals surface area contributed by atoms with Gasteiger partial charge >= 0.3 is 0 Å². The second kappa shape index (κ2) is 8.32. The second-order valence-corrected chi connectivity index (χ2v) is 8.98. The Morgan fingerprint density at radius 2 is 1.04 bits per heavy atom. The molecule has 28 heavy (non-hydrogen) atoms. The van der Waals surface area contributed by atoms with Gasteiger partial charge in [0, 0.05) is 0 Å². The van der Waals surface area contributed by atoms with Gasteiger partial charge in [0.25, 0.3) is 0 Å². The standard InChI is InChI=1S/C25H26BrNO/c1-24(2,3)22(26)23(28)27-25(19-13-7-4-8-14-19,20-15-9-5-10-16-20)21-17-11-6-12-18-21/h4-18,22H,1-3H3,(H,27,28). The molecular formula is C25H26BrNO. The predicted octanol–water partition coefficient (Wildman–Crippen LogP) is 5.90. The van der Waals surface area contributed by atoms with E-state index in [1.165, 1.54) is 0 Å². The topological polar surface area (TPSA) is 29.1 Å². The van der Waals surface area contributed by atoms with Gasteiger partial charge in [-0.2, -0.15) is 0 Å². The van der Waals surface area contributed by atoms with Crippen LogP contribution in [0.2, 0.25) is 0 Å². The molecular weight excluding hydrogens is 410 g/mol. The van der Waals surface area contributed by atoms with Crippen molar-refractivity contribution in [1.82, 2.24) is 5.32 Å². The number of hydrogen-bond donors (Lipinski definition) is 1. The maximum Gasteiger partial charge on any atom is 0.235 e. The number of halogens is 1. The monoisotopic (exact) mass is 435 g/mol. The zero-order valence-corrected chi connectivity index (χ0v) is 18.1. The average Bonchev–Trinajstić information content (AvgIpc) is 2.72. The molecule has 0 aliphatic carbocycles. The summed E-state index contributed by atoms with van der Waals surface area (Å²) in [6.45, 7) is 6.17. The molecule has 0 fully saturated rings. The van der Waals surface area contributed by atoms with Crippen LogP contribution in [0.3, 0.4) is 0 Å². The van der Waals surface area contributed by atoms with Gasteiger partial charge in [0.05, 0.1) is 4.83 Å². The molecule has 3 aromatic carbocycles. The molecule has 3 rings (SSSR count). The van der Waals surface area contributed by atoms with Crippen molar-refractivity contribution >= 4 is 21.8 Å². The van der Waals surface area contributed by atoms with Gasteiger partial charge in [-0.25, -0.2) is 0 Å². The summed E-state index contributed by atoms with van der Waals surface area (Å²) in [5.74, 6) is -0.0379. The second-order valence-electron chi connectivity index (χ2n) is 8.07. The van der Waals surface area contributed by atoms with E-state index in [2.05, 4.69) is 78.4 Å². The highest BCUT2D eigenvalue weighted by Gasteiger charge is 2.40. The van der Waals surface area contributed by atoms with Crippen molar-refractivity contribution in [3.8, 4) is 0 Å². The Morgan fingerprint density at radius 3 is 1.32 bits per heavy atom. The minimum absolute atomic E-state index is 0.0379. The number of nitrogens with one attached hydrogen (secondary N) is 1. The van der Waals surface area contributed by atoms with Gasteiger partial charge in [-0.1, -0.05) is 128 Å². The fourth-order valence-electron chi connectivity index (χ4n) is 3.42. The van der Waals surface area contributed by atoms with Crippen LogP contribution < -0.4 is 5.32 Å². The van der Waals surface area contributed by atoms with E-state index in [4.69, 9.17) is 0 Å². The highest BCUT2D eigenvalue weighted by Crippen LogP contribution is 2.38. The van der Waals surface area contributed by atoms with E-state index < -0.39 is 5.54 Å². The van der Waals surface area contributed by atoms with Crippen LogP contribution in [0.1, 0.15) is 37.5 Å². The van der Waals surface area contributed by atoms with Crippen LogP contribution in [0.15, 0.2) is 91.0 Å². The highest BCUT2D eigenvalue weighted by molar-refractivity contribution is 9.10. The average molecular weight is 436 g/mol. The van der Waals surface area contributed by atoms with Crippen molar-refractivity contribution in [2.24, 2.45) is 5.41 Å². The number of hydrogen-bond acceptors (Lipinski definition) is 1. The van der Waals surface area contributed by atoms with E-state index in [1.54, 1.807) is 0 Å². The summed E-state index contributed by atoms with van der Waals surface area (Å²) in [6, 6.07) is 30.5. The van der Waals surface area contributed by atoms with Crippen LogP contribution in [-0.4, -0.2) is 10.7 Å². The van der Waals surface area contributed by atoms with E-state index in [-0.39, 0.29) is 16.1 Å². The summed E-state index contributed by atoms with van der Waals surface area (Å²) in [6.07, 6.45) is 0. The molecule has 0 saturated carbocycles. The Balaban J connectivity index is 2.24. The third-order valence-electron chi connectivity index (χ3n) is 4.92. The number of rotatable bonds is 5. The molecule has 0 radical (unpaired) electrons. The lowest BCUT2D eigenvalue weighted by Crippen LogP contribution is -2.52. The van der Waals surface area contributed by atoms with E-state index in [1.807, 2.05) is 54.6 Å². The molecule has 0 aromatic heterocycles. The molecule has 2 nitrogen and oxygen atoms in total. The molecule has 3 heteroatoms. The molecule has 0 heterocycles. The summed E-state index contributed by atoms with van der Waals surface area (Å²) >= 11 is 3.62. The highest BCUT2D eigenvalue weighted by atomic mass is 79.9. The van der Waals surface area contributed by atoms with Crippen LogP contribution in [0.25, 0.3) is 0 Å². The summed E-state index contributed by atoms with van der Waals surface area (Å²) in [4.78, 5) is 13.0. The van der Waals surface area contributed by atoms with E-state index in [0.717, 1.165) is 16.7 Å². The third-order valence-corrected chi connectivity index (χ3v) is 6.71. The predicted molar refractivity (Wildman–Crippen MR) is 120 cm³/mol. The van der Waals surface area contributed by atoms with Crippen molar-refractivity contribution in [3.63, 3.8) is 0 Å².